The molecule has 1 unspecified atom stereocenters. The van der Waals surface area contributed by atoms with Crippen LogP contribution in [-0.2, 0) is 16.0 Å². The Hall–Kier alpha value is -2.04. The average molecular weight is 305 g/mol. The topological polar surface area (TPSA) is 66.8 Å². The van der Waals surface area contributed by atoms with Gasteiger partial charge in [-0.05, 0) is 44.7 Å². The Morgan fingerprint density at radius 3 is 2.45 bits per heavy atom. The lowest BCUT2D eigenvalue weighted by molar-refractivity contribution is -0.136. The number of carbonyl (C=O) groups is 2. The van der Waals surface area contributed by atoms with E-state index < -0.39 is 11.6 Å². The highest BCUT2D eigenvalue weighted by molar-refractivity contribution is 5.70. The fourth-order valence-electron chi connectivity index (χ4n) is 2.68. The largest absolute Gasteiger partial charge is 0.481 e. The summed E-state index contributed by atoms with van der Waals surface area (Å²) in [5, 5.41) is 8.80. The van der Waals surface area contributed by atoms with E-state index in [9.17, 15) is 9.59 Å². The Balaban J connectivity index is 2.10. The Bertz CT molecular complexity index is 545. The number of carboxylic acid groups (broad SMARTS) is 1. The first-order valence-electron chi connectivity index (χ1n) is 7.56. The minimum atomic E-state index is -0.844. The van der Waals surface area contributed by atoms with E-state index in [-0.39, 0.29) is 18.6 Å². The van der Waals surface area contributed by atoms with Crippen LogP contribution in [0, 0.1) is 0 Å². The quantitative estimate of drug-likeness (QED) is 0.929. The van der Waals surface area contributed by atoms with Crippen molar-refractivity contribution in [3.63, 3.8) is 0 Å². The molecule has 0 aliphatic carbocycles. The number of ether oxygens (including phenoxy) is 1. The van der Waals surface area contributed by atoms with Gasteiger partial charge in [0, 0.05) is 6.54 Å². The molecule has 1 aromatic carbocycles. The van der Waals surface area contributed by atoms with Crippen LogP contribution in [0.15, 0.2) is 24.3 Å². The molecule has 22 heavy (non-hydrogen) atoms. The molecule has 5 heteroatoms. The van der Waals surface area contributed by atoms with Crippen molar-refractivity contribution < 1.29 is 19.4 Å². The van der Waals surface area contributed by atoms with Gasteiger partial charge in [-0.1, -0.05) is 24.3 Å². The van der Waals surface area contributed by atoms with E-state index in [1.54, 1.807) is 4.90 Å². The lowest BCUT2D eigenvalue weighted by atomic mass is 10.0. The van der Waals surface area contributed by atoms with E-state index >= 15 is 0 Å². The maximum Gasteiger partial charge on any atom is 0.410 e. The molecule has 1 fully saturated rings. The number of amides is 1. The smallest absolute Gasteiger partial charge is 0.410 e. The molecule has 120 valence electrons. The van der Waals surface area contributed by atoms with Crippen LogP contribution in [-0.4, -0.2) is 34.2 Å². The van der Waals surface area contributed by atoms with Gasteiger partial charge in [0.25, 0.3) is 0 Å². The fourth-order valence-corrected chi connectivity index (χ4v) is 2.68. The van der Waals surface area contributed by atoms with Crippen LogP contribution in [0.5, 0.6) is 0 Å². The summed E-state index contributed by atoms with van der Waals surface area (Å²) < 4.78 is 5.46. The summed E-state index contributed by atoms with van der Waals surface area (Å²) in [6, 6.07) is 7.45. The third kappa shape index (κ3) is 4.23. The molecule has 0 bridgehead atoms. The molecule has 0 radical (unpaired) electrons. The molecule has 1 saturated heterocycles. The molecule has 1 atom stereocenters. The van der Waals surface area contributed by atoms with Crippen LogP contribution in [0.3, 0.4) is 0 Å². The number of nitrogens with zero attached hydrogens (tertiary/aromatic N) is 1. The number of rotatable bonds is 3. The van der Waals surface area contributed by atoms with Crippen molar-refractivity contribution in [2.24, 2.45) is 0 Å². The molecule has 0 spiro atoms. The Kier molecular flexibility index (Phi) is 4.74. The second-order valence-corrected chi connectivity index (χ2v) is 6.64. The average Bonchev–Trinajstić information content (AvgIpc) is 2.86. The summed E-state index contributed by atoms with van der Waals surface area (Å²) in [6.45, 7) is 6.26. The van der Waals surface area contributed by atoms with Gasteiger partial charge in [-0.3, -0.25) is 4.79 Å². The summed E-state index contributed by atoms with van der Waals surface area (Å²) in [7, 11) is 0. The van der Waals surface area contributed by atoms with E-state index in [1.807, 2.05) is 45.0 Å². The predicted molar refractivity (Wildman–Crippen MR) is 82.7 cm³/mol. The zero-order chi connectivity index (χ0) is 16.3. The normalized spacial score (nSPS) is 18.3. The lowest BCUT2D eigenvalue weighted by Gasteiger charge is -2.28. The number of carbonyl (C=O) groups excluding carboxylic acids is 1. The number of carboxylic acids is 1. The van der Waals surface area contributed by atoms with Crippen LogP contribution in [0.25, 0.3) is 0 Å². The number of hydrogen-bond donors (Lipinski definition) is 1. The predicted octanol–water partition coefficient (Wildman–Crippen LogP) is 3.39. The zero-order valence-electron chi connectivity index (χ0n) is 13.3. The van der Waals surface area contributed by atoms with Gasteiger partial charge in [-0.2, -0.15) is 0 Å². The monoisotopic (exact) mass is 305 g/mol. The molecule has 1 aliphatic rings. The van der Waals surface area contributed by atoms with Crippen molar-refractivity contribution in [1.29, 1.82) is 0 Å². The van der Waals surface area contributed by atoms with Crippen LogP contribution in [0.4, 0.5) is 4.79 Å². The van der Waals surface area contributed by atoms with Gasteiger partial charge in [0.15, 0.2) is 0 Å². The molecular formula is C17H23NO4. The number of benzene rings is 1. The zero-order valence-corrected chi connectivity index (χ0v) is 13.3. The molecule has 0 saturated carbocycles. The summed E-state index contributed by atoms with van der Waals surface area (Å²) >= 11 is 0. The molecular weight excluding hydrogens is 282 g/mol. The molecule has 1 N–H and O–H groups in total. The maximum atomic E-state index is 12.3. The molecule has 1 aliphatic heterocycles. The van der Waals surface area contributed by atoms with Crippen molar-refractivity contribution in [2.75, 3.05) is 6.54 Å². The van der Waals surface area contributed by atoms with Crippen LogP contribution >= 0.6 is 0 Å². The fraction of sp³-hybridized carbons (Fsp3) is 0.529. The standard InChI is InChI=1S/C17H23NO4/c1-17(2,3)22-16(21)18-10-4-5-14(18)13-8-6-12(7-9-13)11-15(19)20/h6-9,14H,4-5,10-11H2,1-3H3,(H,19,20). The first-order chi connectivity index (χ1) is 10.3. The highest BCUT2D eigenvalue weighted by Crippen LogP contribution is 2.33. The first-order valence-corrected chi connectivity index (χ1v) is 7.56. The van der Waals surface area contributed by atoms with Crippen molar-refractivity contribution in [3.05, 3.63) is 35.4 Å². The third-order valence-corrected chi connectivity index (χ3v) is 3.60. The Labute approximate surface area is 130 Å². The molecule has 0 aromatic heterocycles. The van der Waals surface area contributed by atoms with Gasteiger partial charge in [-0.15, -0.1) is 0 Å². The number of likely N-dealkylation sites (tertiary alicyclic amines) is 1. The minimum Gasteiger partial charge on any atom is -0.481 e. The Morgan fingerprint density at radius 1 is 1.27 bits per heavy atom. The van der Waals surface area contributed by atoms with Crippen molar-refractivity contribution in [2.45, 2.75) is 51.7 Å². The van der Waals surface area contributed by atoms with Gasteiger partial charge in [0.05, 0.1) is 12.5 Å². The van der Waals surface area contributed by atoms with Gasteiger partial charge in [0.2, 0.25) is 0 Å². The summed E-state index contributed by atoms with van der Waals surface area (Å²) in [5.41, 5.74) is 1.28. The molecule has 5 nitrogen and oxygen atoms in total. The third-order valence-electron chi connectivity index (χ3n) is 3.60. The van der Waals surface area contributed by atoms with E-state index in [2.05, 4.69) is 0 Å². The van der Waals surface area contributed by atoms with Crippen LogP contribution in [0.1, 0.15) is 50.8 Å². The minimum absolute atomic E-state index is 0.00808. The van der Waals surface area contributed by atoms with E-state index in [0.29, 0.717) is 6.54 Å². The second-order valence-electron chi connectivity index (χ2n) is 6.64. The molecule has 2 rings (SSSR count). The van der Waals surface area contributed by atoms with Gasteiger partial charge >= 0.3 is 12.1 Å². The lowest BCUT2D eigenvalue weighted by Crippen LogP contribution is -2.36. The number of hydrogen-bond acceptors (Lipinski definition) is 3. The Morgan fingerprint density at radius 2 is 1.91 bits per heavy atom. The van der Waals surface area contributed by atoms with Crippen LogP contribution in [0.2, 0.25) is 0 Å². The summed E-state index contributed by atoms with van der Waals surface area (Å²) in [6.07, 6.45) is 1.57. The highest BCUT2D eigenvalue weighted by atomic mass is 16.6. The number of aliphatic carboxylic acids is 1. The highest BCUT2D eigenvalue weighted by Gasteiger charge is 2.32. The molecule has 1 heterocycles. The SMILES string of the molecule is CC(C)(C)OC(=O)N1CCCC1c1ccc(CC(=O)O)cc1. The molecule has 1 aromatic rings. The van der Waals surface area contributed by atoms with Gasteiger partial charge in [-0.25, -0.2) is 4.79 Å². The second kappa shape index (κ2) is 6.38. The van der Waals surface area contributed by atoms with E-state index in [0.717, 1.165) is 24.0 Å². The molecule has 1 amide bonds. The van der Waals surface area contributed by atoms with E-state index in [4.69, 9.17) is 9.84 Å². The van der Waals surface area contributed by atoms with Crippen LogP contribution < -0.4 is 0 Å². The maximum absolute atomic E-state index is 12.3. The van der Waals surface area contributed by atoms with Gasteiger partial charge < -0.3 is 14.7 Å². The first kappa shape index (κ1) is 16.3. The summed E-state index contributed by atoms with van der Waals surface area (Å²) in [5.74, 6) is -0.844. The van der Waals surface area contributed by atoms with Crippen molar-refractivity contribution in [3.8, 4) is 0 Å². The summed E-state index contributed by atoms with van der Waals surface area (Å²) in [4.78, 5) is 24.8. The van der Waals surface area contributed by atoms with E-state index in [1.165, 1.54) is 0 Å². The van der Waals surface area contributed by atoms with Crippen molar-refractivity contribution in [1.82, 2.24) is 4.90 Å². The van der Waals surface area contributed by atoms with Gasteiger partial charge in [0.1, 0.15) is 5.60 Å². The van der Waals surface area contributed by atoms with Crippen molar-refractivity contribution >= 4 is 12.1 Å².